The summed E-state index contributed by atoms with van der Waals surface area (Å²) in [7, 11) is 4.07. The van der Waals surface area contributed by atoms with E-state index in [1.165, 1.54) is 0 Å². The number of rotatable bonds is 6. The van der Waals surface area contributed by atoms with Crippen molar-refractivity contribution in [2.75, 3.05) is 14.1 Å². The van der Waals surface area contributed by atoms with E-state index in [2.05, 4.69) is 18.7 Å². The van der Waals surface area contributed by atoms with E-state index < -0.39 is 6.10 Å². The molecule has 0 fully saturated rings. The first-order chi connectivity index (χ1) is 8.87. The van der Waals surface area contributed by atoms with Crippen molar-refractivity contribution in [1.29, 1.82) is 0 Å². The maximum Gasteiger partial charge on any atom is 0.0764 e. The Labute approximate surface area is 122 Å². The Balaban J connectivity index is 2.96. The van der Waals surface area contributed by atoms with Crippen molar-refractivity contribution in [3.8, 4) is 0 Å². The van der Waals surface area contributed by atoms with Gasteiger partial charge in [-0.25, -0.2) is 0 Å². The third kappa shape index (κ3) is 3.50. The van der Waals surface area contributed by atoms with E-state index in [4.69, 9.17) is 11.6 Å². The molecule has 0 radical (unpaired) electrons. The fourth-order valence-corrected chi connectivity index (χ4v) is 3.18. The fourth-order valence-electron chi connectivity index (χ4n) is 2.87. The zero-order valence-electron chi connectivity index (χ0n) is 12.7. The third-order valence-electron chi connectivity index (χ3n) is 4.36. The van der Waals surface area contributed by atoms with Crippen LogP contribution in [0.4, 0.5) is 0 Å². The Morgan fingerprint density at radius 3 is 2.26 bits per heavy atom. The van der Waals surface area contributed by atoms with E-state index >= 15 is 0 Å². The van der Waals surface area contributed by atoms with Crippen LogP contribution in [0.2, 0.25) is 5.02 Å². The van der Waals surface area contributed by atoms with Crippen LogP contribution >= 0.6 is 11.6 Å². The average molecular weight is 284 g/mol. The van der Waals surface area contributed by atoms with Gasteiger partial charge in [0.05, 0.1) is 6.10 Å². The van der Waals surface area contributed by atoms with E-state index in [9.17, 15) is 5.11 Å². The second kappa shape index (κ2) is 6.74. The molecular weight excluding hydrogens is 258 g/mol. The number of aliphatic hydroxyl groups is 1. The maximum atomic E-state index is 10.7. The van der Waals surface area contributed by atoms with Crippen molar-refractivity contribution in [1.82, 2.24) is 4.90 Å². The second-order valence-electron chi connectivity index (χ2n) is 5.52. The van der Waals surface area contributed by atoms with Gasteiger partial charge in [-0.15, -0.1) is 0 Å². The molecule has 0 heterocycles. The number of likely N-dealkylation sites (N-methyl/N-ethyl adjacent to an activating group) is 1. The van der Waals surface area contributed by atoms with Crippen LogP contribution in [0, 0.1) is 6.92 Å². The molecule has 0 aliphatic heterocycles. The Bertz CT molecular complexity index is 413. The van der Waals surface area contributed by atoms with Gasteiger partial charge >= 0.3 is 0 Å². The highest BCUT2D eigenvalue weighted by Gasteiger charge is 2.36. The van der Waals surface area contributed by atoms with Crippen molar-refractivity contribution in [2.24, 2.45) is 0 Å². The van der Waals surface area contributed by atoms with Gasteiger partial charge in [-0.2, -0.15) is 0 Å². The predicted molar refractivity (Wildman–Crippen MR) is 82.9 cm³/mol. The summed E-state index contributed by atoms with van der Waals surface area (Å²) in [4.78, 5) is 2.14. The smallest absolute Gasteiger partial charge is 0.0764 e. The van der Waals surface area contributed by atoms with Gasteiger partial charge in [-0.05, 0) is 51.1 Å². The lowest BCUT2D eigenvalue weighted by molar-refractivity contribution is -0.0125. The highest BCUT2D eigenvalue weighted by atomic mass is 35.5. The molecule has 1 rings (SSSR count). The number of aryl methyl sites for hydroxylation is 1. The quantitative estimate of drug-likeness (QED) is 0.861. The van der Waals surface area contributed by atoms with Crippen LogP contribution in [-0.4, -0.2) is 35.7 Å². The van der Waals surface area contributed by atoms with Crippen molar-refractivity contribution >= 4 is 11.6 Å². The minimum Gasteiger partial charge on any atom is -0.391 e. The number of hydrogen-bond donors (Lipinski definition) is 1. The van der Waals surface area contributed by atoms with Gasteiger partial charge in [0.25, 0.3) is 0 Å². The summed E-state index contributed by atoms with van der Waals surface area (Å²) in [6.07, 6.45) is 2.01. The van der Waals surface area contributed by atoms with E-state index in [-0.39, 0.29) is 5.54 Å². The Morgan fingerprint density at radius 1 is 1.26 bits per heavy atom. The molecule has 0 saturated carbocycles. The summed E-state index contributed by atoms with van der Waals surface area (Å²) < 4.78 is 0. The van der Waals surface area contributed by atoms with E-state index in [0.717, 1.165) is 29.0 Å². The van der Waals surface area contributed by atoms with Gasteiger partial charge in [0.15, 0.2) is 0 Å². The highest BCUT2D eigenvalue weighted by molar-refractivity contribution is 6.31. The fraction of sp³-hybridized carbons (Fsp3) is 0.625. The normalized spacial score (nSPS) is 13.9. The van der Waals surface area contributed by atoms with Crippen LogP contribution in [0.15, 0.2) is 18.2 Å². The molecule has 1 aromatic carbocycles. The first kappa shape index (κ1) is 16.5. The van der Waals surface area contributed by atoms with Crippen LogP contribution in [0.5, 0.6) is 0 Å². The standard InChI is InChI=1S/C16H26ClNO/c1-6-16(7-2,18(4)5)15(19)11-13-9-8-12(3)10-14(13)17/h8-10,15,19H,6-7,11H2,1-5H3. The summed E-state index contributed by atoms with van der Waals surface area (Å²) in [5.41, 5.74) is 1.98. The topological polar surface area (TPSA) is 23.5 Å². The van der Waals surface area contributed by atoms with E-state index in [1.54, 1.807) is 0 Å². The molecule has 3 heteroatoms. The lowest BCUT2D eigenvalue weighted by Crippen LogP contribution is -2.53. The third-order valence-corrected chi connectivity index (χ3v) is 4.71. The summed E-state index contributed by atoms with van der Waals surface area (Å²) in [6, 6.07) is 6.02. The first-order valence-corrected chi connectivity index (χ1v) is 7.35. The summed E-state index contributed by atoms with van der Waals surface area (Å²) in [5.74, 6) is 0. The van der Waals surface area contributed by atoms with Gasteiger partial charge < -0.3 is 10.0 Å². The summed E-state index contributed by atoms with van der Waals surface area (Å²) in [5, 5.41) is 11.4. The van der Waals surface area contributed by atoms with Crippen LogP contribution in [0.25, 0.3) is 0 Å². The Hall–Kier alpha value is -0.570. The number of nitrogens with zero attached hydrogens (tertiary/aromatic N) is 1. The van der Waals surface area contributed by atoms with Crippen LogP contribution < -0.4 is 0 Å². The zero-order chi connectivity index (χ0) is 14.6. The van der Waals surface area contributed by atoms with Gasteiger partial charge in [0.2, 0.25) is 0 Å². The molecule has 0 aliphatic rings. The Kier molecular flexibility index (Phi) is 5.84. The molecule has 19 heavy (non-hydrogen) atoms. The molecule has 108 valence electrons. The molecule has 0 aromatic heterocycles. The molecule has 0 aliphatic carbocycles. The molecule has 1 atom stereocenters. The van der Waals surface area contributed by atoms with Crippen LogP contribution in [0.3, 0.4) is 0 Å². The van der Waals surface area contributed by atoms with Gasteiger partial charge in [-0.3, -0.25) is 0 Å². The molecule has 0 bridgehead atoms. The molecule has 1 aromatic rings. The minimum atomic E-state index is -0.419. The van der Waals surface area contributed by atoms with E-state index in [1.807, 2.05) is 39.2 Å². The monoisotopic (exact) mass is 283 g/mol. The first-order valence-electron chi connectivity index (χ1n) is 6.98. The van der Waals surface area contributed by atoms with Crippen LogP contribution in [0.1, 0.15) is 37.8 Å². The number of halogens is 1. The molecule has 2 nitrogen and oxygen atoms in total. The van der Waals surface area contributed by atoms with E-state index in [0.29, 0.717) is 6.42 Å². The lowest BCUT2D eigenvalue weighted by Gasteiger charge is -2.42. The largest absolute Gasteiger partial charge is 0.391 e. The number of aliphatic hydroxyl groups excluding tert-OH is 1. The molecule has 0 saturated heterocycles. The van der Waals surface area contributed by atoms with Crippen molar-refractivity contribution in [3.05, 3.63) is 34.3 Å². The zero-order valence-corrected chi connectivity index (χ0v) is 13.5. The molecule has 1 unspecified atom stereocenters. The van der Waals surface area contributed by atoms with Gasteiger partial charge in [-0.1, -0.05) is 37.6 Å². The molecular formula is C16H26ClNO. The summed E-state index contributed by atoms with van der Waals surface area (Å²) in [6.45, 7) is 6.28. The summed E-state index contributed by atoms with van der Waals surface area (Å²) >= 11 is 6.26. The number of benzene rings is 1. The van der Waals surface area contributed by atoms with Crippen molar-refractivity contribution in [3.63, 3.8) is 0 Å². The van der Waals surface area contributed by atoms with Crippen molar-refractivity contribution in [2.45, 2.75) is 51.7 Å². The highest BCUT2D eigenvalue weighted by Crippen LogP contribution is 2.29. The SMILES string of the molecule is CCC(CC)(C(O)Cc1ccc(C)cc1Cl)N(C)C. The van der Waals surface area contributed by atoms with Crippen molar-refractivity contribution < 1.29 is 5.11 Å². The Morgan fingerprint density at radius 2 is 1.84 bits per heavy atom. The maximum absolute atomic E-state index is 10.7. The molecule has 0 amide bonds. The minimum absolute atomic E-state index is 0.186. The molecule has 1 N–H and O–H groups in total. The van der Waals surface area contributed by atoms with Gasteiger partial charge in [0, 0.05) is 17.0 Å². The second-order valence-corrected chi connectivity index (χ2v) is 5.93. The molecule has 0 spiro atoms. The van der Waals surface area contributed by atoms with Gasteiger partial charge in [0.1, 0.15) is 0 Å². The average Bonchev–Trinajstić information content (AvgIpc) is 2.34. The number of hydrogen-bond acceptors (Lipinski definition) is 2. The van der Waals surface area contributed by atoms with Crippen LogP contribution in [-0.2, 0) is 6.42 Å². The predicted octanol–water partition coefficient (Wildman–Crippen LogP) is 3.67. The lowest BCUT2D eigenvalue weighted by atomic mass is 9.82.